The molecule has 0 amide bonds. The molecule has 20 heavy (non-hydrogen) atoms. The van der Waals surface area contributed by atoms with Gasteiger partial charge in [0.1, 0.15) is 5.75 Å². The van der Waals surface area contributed by atoms with Crippen LogP contribution in [0.5, 0.6) is 5.75 Å². The van der Waals surface area contributed by atoms with Crippen LogP contribution >= 0.6 is 61.7 Å². The number of ether oxygens (including phenoxy) is 1. The summed E-state index contributed by atoms with van der Waals surface area (Å²) in [6, 6.07) is 11.9. The third-order valence-electron chi connectivity index (χ3n) is 2.79. The molecular weight excluding hydrogens is 474 g/mol. The molecular formula is C15H12BrCl2IO. The Kier molecular flexibility index (Phi) is 6.02. The van der Waals surface area contributed by atoms with E-state index < -0.39 is 0 Å². The normalized spacial score (nSPS) is 12.2. The van der Waals surface area contributed by atoms with E-state index >= 15 is 0 Å². The standard InChI is InChI=1S/C15H12BrCl2IO/c1-2-20-14-8-12(17)11(7-13(14)18)15(16)9-3-5-10(19)6-4-9/h3-8,15H,2H2,1H3. The maximum atomic E-state index is 6.34. The molecule has 106 valence electrons. The number of alkyl halides is 1. The van der Waals surface area contributed by atoms with E-state index in [4.69, 9.17) is 27.9 Å². The summed E-state index contributed by atoms with van der Waals surface area (Å²) in [5, 5.41) is 1.21. The maximum absolute atomic E-state index is 6.34. The fraction of sp³-hybridized carbons (Fsp3) is 0.200. The van der Waals surface area contributed by atoms with Gasteiger partial charge in [-0.3, -0.25) is 0 Å². The summed E-state index contributed by atoms with van der Waals surface area (Å²) in [6.07, 6.45) is 0. The fourth-order valence-corrected chi connectivity index (χ4v) is 3.48. The van der Waals surface area contributed by atoms with Gasteiger partial charge in [-0.25, -0.2) is 0 Å². The van der Waals surface area contributed by atoms with Crippen molar-refractivity contribution in [2.24, 2.45) is 0 Å². The van der Waals surface area contributed by atoms with Crippen molar-refractivity contribution in [3.05, 3.63) is 61.1 Å². The van der Waals surface area contributed by atoms with E-state index in [2.05, 4.69) is 62.8 Å². The summed E-state index contributed by atoms with van der Waals surface area (Å²) in [6.45, 7) is 2.47. The molecule has 2 aromatic rings. The molecule has 5 heteroatoms. The first-order valence-corrected chi connectivity index (χ1v) is 8.79. The summed E-state index contributed by atoms with van der Waals surface area (Å²) < 4.78 is 6.64. The molecule has 0 spiro atoms. The fourth-order valence-electron chi connectivity index (χ4n) is 1.82. The van der Waals surface area contributed by atoms with E-state index in [9.17, 15) is 0 Å². The second kappa shape index (κ2) is 7.34. The van der Waals surface area contributed by atoms with Crippen LogP contribution in [0.4, 0.5) is 0 Å². The SMILES string of the molecule is CCOc1cc(Cl)c(C(Br)c2ccc(I)cc2)cc1Cl. The summed E-state index contributed by atoms with van der Waals surface area (Å²) in [5.41, 5.74) is 2.06. The number of hydrogen-bond donors (Lipinski definition) is 0. The maximum Gasteiger partial charge on any atom is 0.139 e. The van der Waals surface area contributed by atoms with Gasteiger partial charge in [-0.05, 0) is 58.8 Å². The molecule has 2 rings (SSSR count). The van der Waals surface area contributed by atoms with Crippen molar-refractivity contribution in [2.75, 3.05) is 6.61 Å². The first-order valence-electron chi connectivity index (χ1n) is 6.04. The lowest BCUT2D eigenvalue weighted by Gasteiger charge is -2.15. The van der Waals surface area contributed by atoms with Crippen LogP contribution in [0.2, 0.25) is 10.0 Å². The second-order valence-corrected chi connectivity index (χ2v) is 7.13. The Hall–Kier alpha value is 0.0300. The molecule has 0 bridgehead atoms. The predicted octanol–water partition coefficient (Wildman–Crippen LogP) is 6.48. The van der Waals surface area contributed by atoms with E-state index in [0.29, 0.717) is 22.4 Å². The van der Waals surface area contributed by atoms with Crippen LogP contribution in [0.3, 0.4) is 0 Å². The molecule has 0 aliphatic rings. The van der Waals surface area contributed by atoms with Gasteiger partial charge in [0.2, 0.25) is 0 Å². The number of halogens is 4. The first-order chi connectivity index (χ1) is 9.52. The van der Waals surface area contributed by atoms with Gasteiger partial charge in [-0.1, -0.05) is 51.3 Å². The van der Waals surface area contributed by atoms with E-state index in [1.54, 1.807) is 6.07 Å². The quantitative estimate of drug-likeness (QED) is 0.355. The molecule has 2 aromatic carbocycles. The van der Waals surface area contributed by atoms with Gasteiger partial charge in [-0.2, -0.15) is 0 Å². The Morgan fingerprint density at radius 3 is 2.40 bits per heavy atom. The number of benzene rings is 2. The van der Waals surface area contributed by atoms with Gasteiger partial charge in [0.25, 0.3) is 0 Å². The molecule has 0 aliphatic carbocycles. The molecule has 0 heterocycles. The molecule has 0 aliphatic heterocycles. The predicted molar refractivity (Wildman–Crippen MR) is 97.6 cm³/mol. The van der Waals surface area contributed by atoms with Gasteiger partial charge in [0, 0.05) is 14.7 Å². The zero-order valence-electron chi connectivity index (χ0n) is 10.7. The monoisotopic (exact) mass is 484 g/mol. The minimum absolute atomic E-state index is 0.000163. The Labute approximate surface area is 150 Å². The van der Waals surface area contributed by atoms with E-state index in [-0.39, 0.29) is 4.83 Å². The van der Waals surface area contributed by atoms with E-state index in [1.165, 1.54) is 3.57 Å². The Morgan fingerprint density at radius 2 is 1.80 bits per heavy atom. The van der Waals surface area contributed by atoms with Crippen molar-refractivity contribution < 1.29 is 4.74 Å². The van der Waals surface area contributed by atoms with Gasteiger partial charge < -0.3 is 4.74 Å². The zero-order chi connectivity index (χ0) is 14.7. The minimum Gasteiger partial charge on any atom is -0.492 e. The highest BCUT2D eigenvalue weighted by atomic mass is 127. The van der Waals surface area contributed by atoms with Gasteiger partial charge in [0.15, 0.2) is 0 Å². The average molecular weight is 486 g/mol. The van der Waals surface area contributed by atoms with Gasteiger partial charge in [-0.15, -0.1) is 0 Å². The number of rotatable bonds is 4. The number of hydrogen-bond acceptors (Lipinski definition) is 1. The lowest BCUT2D eigenvalue weighted by atomic mass is 10.0. The van der Waals surface area contributed by atoms with Crippen LogP contribution in [0.15, 0.2) is 36.4 Å². The van der Waals surface area contributed by atoms with E-state index in [1.807, 2.05) is 13.0 Å². The molecule has 0 radical (unpaired) electrons. The summed E-state index contributed by atoms with van der Waals surface area (Å²) >= 11 is 18.5. The molecule has 0 saturated heterocycles. The molecule has 1 nitrogen and oxygen atoms in total. The van der Waals surface area contributed by atoms with Crippen LogP contribution in [-0.2, 0) is 0 Å². The molecule has 1 atom stereocenters. The Balaban J connectivity index is 2.37. The van der Waals surface area contributed by atoms with Crippen molar-refractivity contribution >= 4 is 61.7 Å². The van der Waals surface area contributed by atoms with Crippen molar-refractivity contribution in [3.63, 3.8) is 0 Å². The van der Waals surface area contributed by atoms with Gasteiger partial charge in [0.05, 0.1) is 16.5 Å². The summed E-state index contributed by atoms with van der Waals surface area (Å²) in [4.78, 5) is 0.000163. The topological polar surface area (TPSA) is 9.23 Å². The van der Waals surface area contributed by atoms with Crippen molar-refractivity contribution in [1.82, 2.24) is 0 Å². The zero-order valence-corrected chi connectivity index (χ0v) is 15.9. The molecule has 0 saturated carbocycles. The lowest BCUT2D eigenvalue weighted by molar-refractivity contribution is 0.340. The second-order valence-electron chi connectivity index (χ2n) is 4.15. The van der Waals surface area contributed by atoms with E-state index in [0.717, 1.165) is 11.1 Å². The minimum atomic E-state index is 0.000163. The highest BCUT2D eigenvalue weighted by Crippen LogP contribution is 2.40. The highest BCUT2D eigenvalue weighted by molar-refractivity contribution is 14.1. The van der Waals surface area contributed by atoms with Crippen molar-refractivity contribution in [2.45, 2.75) is 11.8 Å². The first kappa shape index (κ1) is 16.4. The third kappa shape index (κ3) is 3.81. The molecule has 0 fully saturated rings. The van der Waals surface area contributed by atoms with Crippen molar-refractivity contribution in [3.8, 4) is 5.75 Å². The third-order valence-corrected chi connectivity index (χ3v) is 5.15. The van der Waals surface area contributed by atoms with Crippen LogP contribution in [-0.4, -0.2) is 6.61 Å². The average Bonchev–Trinajstić information content (AvgIpc) is 2.43. The Bertz CT molecular complexity index is 602. The van der Waals surface area contributed by atoms with Crippen LogP contribution in [0, 0.1) is 3.57 Å². The van der Waals surface area contributed by atoms with Crippen LogP contribution in [0.1, 0.15) is 22.9 Å². The van der Waals surface area contributed by atoms with Crippen LogP contribution in [0.25, 0.3) is 0 Å². The lowest BCUT2D eigenvalue weighted by Crippen LogP contribution is -1.97. The van der Waals surface area contributed by atoms with Gasteiger partial charge >= 0.3 is 0 Å². The highest BCUT2D eigenvalue weighted by Gasteiger charge is 2.16. The molecule has 1 unspecified atom stereocenters. The molecule has 0 N–H and O–H groups in total. The Morgan fingerprint density at radius 1 is 1.15 bits per heavy atom. The molecule has 0 aromatic heterocycles. The summed E-state index contributed by atoms with van der Waals surface area (Å²) in [7, 11) is 0. The van der Waals surface area contributed by atoms with Crippen LogP contribution < -0.4 is 4.74 Å². The summed E-state index contributed by atoms with van der Waals surface area (Å²) in [5.74, 6) is 0.616. The van der Waals surface area contributed by atoms with Crippen molar-refractivity contribution in [1.29, 1.82) is 0 Å². The smallest absolute Gasteiger partial charge is 0.139 e. The largest absolute Gasteiger partial charge is 0.492 e.